The minimum absolute atomic E-state index is 0.0802. The highest BCUT2D eigenvalue weighted by Gasteiger charge is 2.14. The zero-order valence-electron chi connectivity index (χ0n) is 15.5. The molecule has 0 heterocycles. The van der Waals surface area contributed by atoms with Crippen molar-refractivity contribution in [2.75, 3.05) is 18.5 Å². The van der Waals surface area contributed by atoms with Gasteiger partial charge in [-0.25, -0.2) is 13.1 Å². The van der Waals surface area contributed by atoms with Gasteiger partial charge in [0, 0.05) is 17.8 Å². The lowest BCUT2D eigenvalue weighted by Gasteiger charge is -2.10. The van der Waals surface area contributed by atoms with Gasteiger partial charge >= 0.3 is 0 Å². The average Bonchev–Trinajstić information content (AvgIpc) is 2.67. The molecule has 0 radical (unpaired) electrons. The summed E-state index contributed by atoms with van der Waals surface area (Å²) in [4.78, 5) is 23.2. The van der Waals surface area contributed by atoms with Crippen LogP contribution in [0.4, 0.5) is 5.69 Å². The first-order valence-electron chi connectivity index (χ1n) is 8.74. The van der Waals surface area contributed by atoms with Crippen LogP contribution in [0.25, 0.3) is 0 Å². The van der Waals surface area contributed by atoms with E-state index in [0.29, 0.717) is 23.5 Å². The van der Waals surface area contributed by atoms with E-state index in [1.165, 1.54) is 36.4 Å². The van der Waals surface area contributed by atoms with Gasteiger partial charge < -0.3 is 15.8 Å². The molecule has 9 heteroatoms. The van der Waals surface area contributed by atoms with Crippen molar-refractivity contribution in [1.29, 1.82) is 0 Å². The zero-order valence-corrected chi connectivity index (χ0v) is 16.3. The molecule has 2 aromatic rings. The molecule has 0 unspecified atom stereocenters. The minimum Gasteiger partial charge on any atom is -0.484 e. The number of carbonyl (C=O) groups is 2. The van der Waals surface area contributed by atoms with Crippen molar-refractivity contribution in [3.63, 3.8) is 0 Å². The molecular formula is C19H23N3O5S. The van der Waals surface area contributed by atoms with E-state index in [1.807, 2.05) is 6.92 Å². The Morgan fingerprint density at radius 3 is 2.46 bits per heavy atom. The normalized spacial score (nSPS) is 11.0. The summed E-state index contributed by atoms with van der Waals surface area (Å²) in [7, 11) is -3.63. The third kappa shape index (κ3) is 6.36. The predicted molar refractivity (Wildman–Crippen MR) is 106 cm³/mol. The van der Waals surface area contributed by atoms with Crippen LogP contribution in [0.5, 0.6) is 5.75 Å². The van der Waals surface area contributed by atoms with Crippen molar-refractivity contribution >= 4 is 27.5 Å². The molecule has 0 aliphatic carbocycles. The molecule has 2 aromatic carbocycles. The van der Waals surface area contributed by atoms with Gasteiger partial charge in [-0.15, -0.1) is 0 Å². The first kappa shape index (κ1) is 21.4. The fraction of sp³-hybridized carbons (Fsp3) is 0.263. The Balaban J connectivity index is 2.05. The Kier molecular flexibility index (Phi) is 7.53. The van der Waals surface area contributed by atoms with Crippen molar-refractivity contribution in [1.82, 2.24) is 4.72 Å². The van der Waals surface area contributed by atoms with Gasteiger partial charge in [-0.3, -0.25) is 9.59 Å². The number of nitrogens with one attached hydrogen (secondary N) is 2. The Morgan fingerprint density at radius 1 is 1.11 bits per heavy atom. The molecule has 0 aromatic heterocycles. The van der Waals surface area contributed by atoms with Crippen LogP contribution in [0.3, 0.4) is 0 Å². The van der Waals surface area contributed by atoms with E-state index in [0.717, 1.165) is 12.8 Å². The van der Waals surface area contributed by atoms with Crippen LogP contribution in [0.1, 0.15) is 30.1 Å². The summed E-state index contributed by atoms with van der Waals surface area (Å²) >= 11 is 0. The van der Waals surface area contributed by atoms with Gasteiger partial charge in [-0.05, 0) is 48.9 Å². The van der Waals surface area contributed by atoms with Crippen LogP contribution in [0, 0.1) is 0 Å². The third-order valence-corrected chi connectivity index (χ3v) is 5.18. The maximum atomic E-state index is 12.4. The van der Waals surface area contributed by atoms with Gasteiger partial charge in [0.2, 0.25) is 10.0 Å². The number of benzene rings is 2. The smallest absolute Gasteiger partial charge is 0.255 e. The van der Waals surface area contributed by atoms with Gasteiger partial charge in [0.1, 0.15) is 5.75 Å². The van der Waals surface area contributed by atoms with Gasteiger partial charge in [-0.1, -0.05) is 19.4 Å². The number of amides is 2. The maximum Gasteiger partial charge on any atom is 0.255 e. The van der Waals surface area contributed by atoms with Crippen LogP contribution < -0.4 is 20.5 Å². The lowest BCUT2D eigenvalue weighted by atomic mass is 10.2. The molecule has 2 amide bonds. The van der Waals surface area contributed by atoms with E-state index in [-0.39, 0.29) is 11.5 Å². The molecule has 0 saturated heterocycles. The Morgan fingerprint density at radius 2 is 1.82 bits per heavy atom. The van der Waals surface area contributed by atoms with Crippen molar-refractivity contribution < 1.29 is 22.7 Å². The number of ether oxygens (including phenoxy) is 1. The molecule has 0 saturated carbocycles. The summed E-state index contributed by atoms with van der Waals surface area (Å²) in [5.41, 5.74) is 5.71. The molecule has 8 nitrogen and oxygen atoms in total. The lowest BCUT2D eigenvalue weighted by molar-refractivity contribution is -0.119. The van der Waals surface area contributed by atoms with E-state index in [2.05, 4.69) is 10.0 Å². The number of hydrogen-bond donors (Lipinski definition) is 3. The van der Waals surface area contributed by atoms with Crippen molar-refractivity contribution in [2.24, 2.45) is 5.73 Å². The summed E-state index contributed by atoms with van der Waals surface area (Å²) in [6.45, 7) is 2.08. The molecule has 4 N–H and O–H groups in total. The van der Waals surface area contributed by atoms with Crippen LogP contribution in [-0.4, -0.2) is 33.4 Å². The van der Waals surface area contributed by atoms with Crippen LogP contribution in [-0.2, 0) is 14.8 Å². The molecule has 28 heavy (non-hydrogen) atoms. The number of hydrogen-bond acceptors (Lipinski definition) is 5. The summed E-state index contributed by atoms with van der Waals surface area (Å²) in [6, 6.07) is 12.2. The fourth-order valence-electron chi connectivity index (χ4n) is 2.27. The zero-order chi connectivity index (χ0) is 20.6. The maximum absolute atomic E-state index is 12.4. The highest BCUT2D eigenvalue weighted by Crippen LogP contribution is 2.18. The van der Waals surface area contributed by atoms with Gasteiger partial charge in [0.15, 0.2) is 6.61 Å². The second-order valence-corrected chi connectivity index (χ2v) is 7.78. The van der Waals surface area contributed by atoms with E-state index < -0.39 is 21.8 Å². The SMILES string of the molecule is CCCCNS(=O)(=O)c1cccc(NC(=O)c2ccc(OCC(N)=O)cc2)c1. The monoisotopic (exact) mass is 405 g/mol. The first-order valence-corrected chi connectivity index (χ1v) is 10.2. The Labute approximate surface area is 164 Å². The topological polar surface area (TPSA) is 128 Å². The van der Waals surface area contributed by atoms with E-state index in [9.17, 15) is 18.0 Å². The van der Waals surface area contributed by atoms with E-state index >= 15 is 0 Å². The largest absolute Gasteiger partial charge is 0.484 e. The number of unbranched alkanes of at least 4 members (excludes halogenated alkanes) is 1. The number of primary amides is 1. The highest BCUT2D eigenvalue weighted by molar-refractivity contribution is 7.89. The molecule has 0 aliphatic rings. The number of sulfonamides is 1. The third-order valence-electron chi connectivity index (χ3n) is 3.72. The quantitative estimate of drug-likeness (QED) is 0.520. The lowest BCUT2D eigenvalue weighted by Crippen LogP contribution is -2.24. The van der Waals surface area contributed by atoms with Crippen LogP contribution in [0.15, 0.2) is 53.4 Å². The van der Waals surface area contributed by atoms with Crippen molar-refractivity contribution in [3.8, 4) is 5.75 Å². The van der Waals surface area contributed by atoms with Gasteiger partial charge in [0.25, 0.3) is 11.8 Å². The number of carbonyl (C=O) groups excluding carboxylic acids is 2. The summed E-state index contributed by atoms with van der Waals surface area (Å²) in [5, 5.41) is 2.66. The van der Waals surface area contributed by atoms with E-state index in [4.69, 9.17) is 10.5 Å². The minimum atomic E-state index is -3.63. The summed E-state index contributed by atoms with van der Waals surface area (Å²) in [6.07, 6.45) is 1.62. The Bertz CT molecular complexity index is 927. The molecular weight excluding hydrogens is 382 g/mol. The van der Waals surface area contributed by atoms with E-state index in [1.54, 1.807) is 12.1 Å². The molecule has 0 spiro atoms. The highest BCUT2D eigenvalue weighted by atomic mass is 32.2. The standard InChI is InChI=1S/C19H23N3O5S/c1-2-3-11-21-28(25,26)17-6-4-5-15(12-17)22-19(24)14-7-9-16(10-8-14)27-13-18(20)23/h4-10,12,21H,2-3,11,13H2,1H3,(H2,20,23)(H,22,24). The summed E-state index contributed by atoms with van der Waals surface area (Å²) < 4.78 is 32.2. The fourth-order valence-corrected chi connectivity index (χ4v) is 3.39. The molecule has 0 atom stereocenters. The molecule has 2 rings (SSSR count). The van der Waals surface area contributed by atoms with Crippen molar-refractivity contribution in [3.05, 3.63) is 54.1 Å². The Hall–Kier alpha value is -2.91. The average molecular weight is 405 g/mol. The first-order chi connectivity index (χ1) is 13.3. The van der Waals surface area contributed by atoms with Gasteiger partial charge in [0.05, 0.1) is 4.90 Å². The molecule has 0 aliphatic heterocycles. The molecule has 150 valence electrons. The second kappa shape index (κ2) is 9.86. The van der Waals surface area contributed by atoms with Crippen LogP contribution >= 0.6 is 0 Å². The second-order valence-electron chi connectivity index (χ2n) is 6.01. The van der Waals surface area contributed by atoms with Crippen LogP contribution in [0.2, 0.25) is 0 Å². The van der Waals surface area contributed by atoms with Crippen molar-refractivity contribution in [2.45, 2.75) is 24.7 Å². The number of anilines is 1. The molecule has 0 fully saturated rings. The molecule has 0 bridgehead atoms. The number of rotatable bonds is 10. The summed E-state index contributed by atoms with van der Waals surface area (Å²) in [5.74, 6) is -0.600. The number of nitrogens with two attached hydrogens (primary N) is 1. The predicted octanol–water partition coefficient (Wildman–Crippen LogP) is 1.88. The van der Waals surface area contributed by atoms with Gasteiger partial charge in [-0.2, -0.15) is 0 Å².